The molecular weight excluding hydrogens is 1160 g/mol. The van der Waals surface area contributed by atoms with Crippen molar-refractivity contribution >= 4 is 56.3 Å². The number of benzene rings is 5. The van der Waals surface area contributed by atoms with Gasteiger partial charge in [0.2, 0.25) is 35.9 Å². The molecule has 6 aromatic rings. The number of anilines is 1. The summed E-state index contributed by atoms with van der Waals surface area (Å²) in [6.45, 7) is 8.52. The average molecular weight is 1240 g/mol. The molecule has 0 aliphatic carbocycles. The van der Waals surface area contributed by atoms with E-state index in [0.29, 0.717) is 28.4 Å². The second kappa shape index (κ2) is 28.1. The van der Waals surface area contributed by atoms with Crippen LogP contribution in [0.4, 0.5) is 15.3 Å². The van der Waals surface area contributed by atoms with Gasteiger partial charge >= 0.3 is 12.2 Å². The van der Waals surface area contributed by atoms with Crippen molar-refractivity contribution in [3.05, 3.63) is 138 Å². The Morgan fingerprint density at radius 2 is 1.30 bits per heavy atom. The van der Waals surface area contributed by atoms with Crippen molar-refractivity contribution in [2.24, 2.45) is 0 Å². The molecule has 0 saturated carbocycles. The van der Waals surface area contributed by atoms with E-state index in [9.17, 15) is 18.0 Å². The van der Waals surface area contributed by atoms with Crippen molar-refractivity contribution in [3.8, 4) is 28.6 Å². The number of sulfonamides is 3. The van der Waals surface area contributed by atoms with Gasteiger partial charge in [-0.05, 0) is 107 Å². The molecule has 1 saturated heterocycles. The van der Waals surface area contributed by atoms with Gasteiger partial charge in [-0.3, -0.25) is 0 Å². The van der Waals surface area contributed by atoms with Gasteiger partial charge in [-0.15, -0.1) is 10.2 Å². The van der Waals surface area contributed by atoms with E-state index < -0.39 is 71.7 Å². The van der Waals surface area contributed by atoms with Crippen LogP contribution in [0, 0.1) is 0 Å². The van der Waals surface area contributed by atoms with E-state index in [1.165, 1.54) is 38.3 Å². The quantitative estimate of drug-likeness (QED) is 0.0257. The molecule has 28 heteroatoms. The lowest BCUT2D eigenvalue weighted by Crippen LogP contribution is -2.50. The molecule has 1 aliphatic rings. The molecule has 5 aromatic carbocycles. The van der Waals surface area contributed by atoms with E-state index in [-0.39, 0.29) is 101 Å². The highest BCUT2D eigenvalue weighted by Gasteiger charge is 2.42. The van der Waals surface area contributed by atoms with Gasteiger partial charge in [0.25, 0.3) is 0 Å². The number of methoxy groups -OCH3 is 3. The second-order valence-corrected chi connectivity index (χ2v) is 31.8. The minimum atomic E-state index is -5.12. The van der Waals surface area contributed by atoms with Crippen LogP contribution in [0.1, 0.15) is 55.9 Å². The molecule has 5 N–H and O–H groups in total. The predicted octanol–water partition coefficient (Wildman–Crippen LogP) is 6.56. The van der Waals surface area contributed by atoms with Gasteiger partial charge in [-0.25, -0.2) is 44.3 Å². The minimum absolute atomic E-state index is 0.0239. The molecule has 0 unspecified atom stereocenters. The predicted molar refractivity (Wildman–Crippen MR) is 318 cm³/mol. The fourth-order valence-electron chi connectivity index (χ4n) is 8.84. The Morgan fingerprint density at radius 3 is 1.83 bits per heavy atom. The number of ether oxygens (including phenoxy) is 4. The zero-order valence-electron chi connectivity index (χ0n) is 48.3. The van der Waals surface area contributed by atoms with Gasteiger partial charge in [0, 0.05) is 51.5 Å². The Hall–Kier alpha value is -7.18. The second-order valence-electron chi connectivity index (χ2n) is 21.4. The summed E-state index contributed by atoms with van der Waals surface area (Å²) in [7, 11) is -12.2. The molecule has 1 fully saturated rings. The van der Waals surface area contributed by atoms with Crippen LogP contribution >= 0.6 is 0 Å². The van der Waals surface area contributed by atoms with Crippen molar-refractivity contribution in [2.75, 3.05) is 65.6 Å². The summed E-state index contributed by atoms with van der Waals surface area (Å²) in [4.78, 5) is 25.9. The summed E-state index contributed by atoms with van der Waals surface area (Å²) in [6.07, 6.45) is -2.09. The topological polar surface area (TPSA) is 301 Å². The first-order chi connectivity index (χ1) is 39.8. The van der Waals surface area contributed by atoms with E-state index in [1.54, 1.807) is 102 Å². The molecule has 1 aromatic heterocycles. The largest absolute Gasteiger partial charge is 0.497 e. The molecule has 1 aliphatic heterocycles. The van der Waals surface area contributed by atoms with Gasteiger partial charge in [-0.1, -0.05) is 87.5 Å². The first kappa shape index (κ1) is 64.4. The molecule has 7 rings (SSSR count). The van der Waals surface area contributed by atoms with Crippen molar-refractivity contribution in [1.82, 2.24) is 44.6 Å². The maximum Gasteiger partial charge on any atom is 0.407 e. The maximum absolute atomic E-state index is 16.5. The highest BCUT2D eigenvalue weighted by Crippen LogP contribution is 2.43. The number of carboxylic acid groups (broad SMARTS) is 1. The molecule has 84 heavy (non-hydrogen) atoms. The number of carbonyl (C=O) groups is 2. The van der Waals surface area contributed by atoms with Gasteiger partial charge in [-0.2, -0.15) is 9.10 Å². The summed E-state index contributed by atoms with van der Waals surface area (Å²) in [5, 5.41) is 26.1. The van der Waals surface area contributed by atoms with Crippen LogP contribution in [0.25, 0.3) is 11.4 Å². The zero-order chi connectivity index (χ0) is 60.9. The Kier molecular flexibility index (Phi) is 21.6. The Balaban J connectivity index is 1.41. The Labute approximate surface area is 492 Å². The Bertz CT molecular complexity index is 3460. The van der Waals surface area contributed by atoms with Crippen LogP contribution in [-0.4, -0.2) is 147 Å². The van der Waals surface area contributed by atoms with Crippen LogP contribution in [0.15, 0.2) is 125 Å². The fourth-order valence-corrected chi connectivity index (χ4v) is 15.0. The summed E-state index contributed by atoms with van der Waals surface area (Å²) in [5.41, 5.74) is 2.37. The molecule has 0 spiro atoms. The molecular formula is C56H74N10O14S3Si. The Morgan fingerprint density at radius 1 is 0.738 bits per heavy atom. The van der Waals surface area contributed by atoms with Crippen molar-refractivity contribution in [2.45, 2.75) is 99.1 Å². The summed E-state index contributed by atoms with van der Waals surface area (Å²) < 4.78 is 126. The number of rotatable bonds is 28. The third-order valence-corrected chi connectivity index (χ3v) is 24.6. The van der Waals surface area contributed by atoms with Gasteiger partial charge in [0.05, 0.1) is 51.3 Å². The number of tetrazole rings is 1. The number of amides is 2. The number of nitrogens with zero attached hydrogens (tertiary/aromatic N) is 6. The molecule has 2 amide bonds. The molecule has 0 radical (unpaired) electrons. The van der Waals surface area contributed by atoms with Crippen LogP contribution in [-0.2, 0) is 65.5 Å². The van der Waals surface area contributed by atoms with Crippen LogP contribution in [0.3, 0.4) is 0 Å². The van der Waals surface area contributed by atoms with E-state index in [2.05, 4.69) is 30.4 Å². The van der Waals surface area contributed by atoms with E-state index in [1.807, 2.05) is 39.9 Å². The summed E-state index contributed by atoms with van der Waals surface area (Å²) >= 11 is 0. The first-order valence-corrected chi connectivity index (χ1v) is 34.4. The van der Waals surface area contributed by atoms with Crippen molar-refractivity contribution in [1.29, 1.82) is 0 Å². The third kappa shape index (κ3) is 17.0. The van der Waals surface area contributed by atoms with Gasteiger partial charge in [0.1, 0.15) is 33.6 Å². The first-order valence-electron chi connectivity index (χ1n) is 27.0. The average Bonchev–Trinajstić information content (AvgIpc) is 2.99. The highest BCUT2D eigenvalue weighted by molar-refractivity contribution is 7.92. The van der Waals surface area contributed by atoms with E-state index in [4.69, 9.17) is 33.6 Å². The lowest BCUT2D eigenvalue weighted by atomic mass is 10.1. The van der Waals surface area contributed by atoms with Crippen LogP contribution < -0.4 is 39.2 Å². The molecule has 2 heterocycles. The SMILES string of the molecule is COc1ccc(CN(Cc2ccc(OC)cc2)S(=O)(=O)c2c(S(=O)(=O)N[C@@H](CNC(=O)OCc3ccccc3)CO[Si](C)(C)C(C)(C)C)ccc(N3CCC(S(=O)(=O)NCCNC(=O)O)CC3)c2-c2nnn(Cc3ccc(OC)cc3)n2)cc1. The van der Waals surface area contributed by atoms with Gasteiger partial charge < -0.3 is 44.0 Å². The summed E-state index contributed by atoms with van der Waals surface area (Å²) in [5.74, 6) is 1.34. The van der Waals surface area contributed by atoms with E-state index in [0.717, 1.165) is 15.4 Å². The third-order valence-electron chi connectivity index (χ3n) is 14.6. The zero-order valence-corrected chi connectivity index (χ0v) is 51.7. The monoisotopic (exact) mass is 1230 g/mol. The number of aromatic nitrogens is 4. The lowest BCUT2D eigenvalue weighted by Gasteiger charge is -2.37. The van der Waals surface area contributed by atoms with E-state index >= 15 is 16.8 Å². The number of carbonyl (C=O) groups excluding carboxylic acids is 1. The lowest BCUT2D eigenvalue weighted by molar-refractivity contribution is 0.137. The minimum Gasteiger partial charge on any atom is -0.497 e. The number of alkyl carbamates (subject to hydrolysis) is 1. The van der Waals surface area contributed by atoms with Gasteiger partial charge in [0.15, 0.2) is 8.32 Å². The molecule has 454 valence electrons. The molecule has 24 nitrogen and oxygen atoms in total. The maximum atomic E-state index is 16.5. The van der Waals surface area contributed by atoms with Crippen molar-refractivity contribution < 1.29 is 63.3 Å². The van der Waals surface area contributed by atoms with Crippen LogP contribution in [0.5, 0.6) is 17.2 Å². The standard InChI is InChI=1S/C56H74N10O14S3Si/c1-56(2,3)84(7,8)80-39-44(34-58-55(69)79-38-43-12-10-9-11-13-43)62-82(72,73)50-27-26-49(64-32-28-48(29-33-64)81(70,71)59-31-30-57-54(67)68)51(53-60-63-66(61-53)37-42-18-24-47(78-6)25-19-42)52(50)83(74,75)65(35-40-14-20-45(76-4)21-15-40)36-41-16-22-46(77-5)23-17-41/h9-27,44,48,57,59,62H,28-39H2,1-8H3,(H,58,69)(H,67,68)/t44-/m0/s1. The number of hydrogen-bond donors (Lipinski definition) is 5. The van der Waals surface area contributed by atoms with Crippen molar-refractivity contribution in [3.63, 3.8) is 0 Å². The molecule has 0 bridgehead atoms. The highest BCUT2D eigenvalue weighted by atomic mass is 32.2. The molecule has 1 atom stereocenters. The normalized spacial score (nSPS) is 14.0. The number of piperidine rings is 1. The summed E-state index contributed by atoms with van der Waals surface area (Å²) in [6, 6.07) is 30.9. The van der Waals surface area contributed by atoms with Crippen LogP contribution in [0.2, 0.25) is 18.1 Å². The smallest absolute Gasteiger partial charge is 0.407 e. The fraction of sp³-hybridized carbons (Fsp3) is 0.411. The number of hydrogen-bond acceptors (Lipinski definition) is 17. The number of nitrogens with one attached hydrogen (secondary N) is 4.